The summed E-state index contributed by atoms with van der Waals surface area (Å²) in [6.45, 7) is 3.15. The zero-order valence-corrected chi connectivity index (χ0v) is 13.5. The largest absolute Gasteiger partial charge is 0.374 e. The predicted octanol–water partition coefficient (Wildman–Crippen LogP) is 3.09. The van der Waals surface area contributed by atoms with Gasteiger partial charge in [0.2, 0.25) is 0 Å². The zero-order chi connectivity index (χ0) is 14.7. The molecule has 4 nitrogen and oxygen atoms in total. The summed E-state index contributed by atoms with van der Waals surface area (Å²) in [5.41, 5.74) is 1.14. The Labute approximate surface area is 128 Å². The normalized spacial score (nSPS) is 28.9. The van der Waals surface area contributed by atoms with Gasteiger partial charge in [0, 0.05) is 25.3 Å². The maximum absolute atomic E-state index is 6.10. The summed E-state index contributed by atoms with van der Waals surface area (Å²) in [5.74, 6) is 0. The molecule has 1 N–H and O–H groups in total. The van der Waals surface area contributed by atoms with Crippen LogP contribution in [-0.2, 0) is 11.2 Å². The van der Waals surface area contributed by atoms with Crippen LogP contribution in [0.3, 0.4) is 0 Å². The molecular formula is C17H29N3O. The molecule has 2 atom stereocenters. The SMILES string of the molecule is CNC(Cc1ccn(C2CCCC2)n1)C1(C)CCCCO1. The van der Waals surface area contributed by atoms with Gasteiger partial charge < -0.3 is 10.1 Å². The standard InChI is InChI=1S/C17H29N3O/c1-17(10-5-6-12-21-17)16(18-2)13-14-9-11-20(19-14)15-7-3-4-8-15/h9,11,15-16,18H,3-8,10,12-13H2,1-2H3. The van der Waals surface area contributed by atoms with Crippen molar-refractivity contribution in [1.82, 2.24) is 15.1 Å². The third kappa shape index (κ3) is 3.32. The Hall–Kier alpha value is -0.870. The third-order valence-electron chi connectivity index (χ3n) is 5.36. The van der Waals surface area contributed by atoms with Crippen molar-refractivity contribution in [3.05, 3.63) is 18.0 Å². The fraction of sp³-hybridized carbons (Fsp3) is 0.824. The predicted molar refractivity (Wildman–Crippen MR) is 84.5 cm³/mol. The second-order valence-corrected chi connectivity index (χ2v) is 6.89. The van der Waals surface area contributed by atoms with E-state index in [0.717, 1.165) is 19.4 Å². The first-order chi connectivity index (χ1) is 10.2. The van der Waals surface area contributed by atoms with Crippen molar-refractivity contribution in [1.29, 1.82) is 0 Å². The van der Waals surface area contributed by atoms with Crippen LogP contribution >= 0.6 is 0 Å². The molecule has 2 unspecified atom stereocenters. The second kappa shape index (κ2) is 6.49. The second-order valence-electron chi connectivity index (χ2n) is 6.89. The van der Waals surface area contributed by atoms with Gasteiger partial charge in [0.1, 0.15) is 0 Å². The van der Waals surface area contributed by atoms with E-state index < -0.39 is 0 Å². The number of nitrogens with zero attached hydrogens (tertiary/aromatic N) is 2. The van der Waals surface area contributed by atoms with E-state index in [9.17, 15) is 0 Å². The minimum atomic E-state index is -0.0514. The van der Waals surface area contributed by atoms with Crippen molar-refractivity contribution in [2.24, 2.45) is 0 Å². The van der Waals surface area contributed by atoms with Crippen molar-refractivity contribution < 1.29 is 4.74 Å². The van der Waals surface area contributed by atoms with Crippen LogP contribution in [0.2, 0.25) is 0 Å². The van der Waals surface area contributed by atoms with Gasteiger partial charge in [-0.3, -0.25) is 4.68 Å². The van der Waals surface area contributed by atoms with Gasteiger partial charge in [-0.15, -0.1) is 0 Å². The summed E-state index contributed by atoms with van der Waals surface area (Å²) in [4.78, 5) is 0. The molecular weight excluding hydrogens is 262 g/mol. The molecule has 0 aromatic carbocycles. The number of hydrogen-bond donors (Lipinski definition) is 1. The Bertz CT molecular complexity index is 445. The molecule has 2 heterocycles. The molecule has 1 aromatic heterocycles. The Morgan fingerprint density at radius 3 is 2.86 bits per heavy atom. The van der Waals surface area contributed by atoms with E-state index in [1.165, 1.54) is 44.2 Å². The lowest BCUT2D eigenvalue weighted by molar-refractivity contribution is -0.0872. The average Bonchev–Trinajstić information content (AvgIpc) is 3.16. The van der Waals surface area contributed by atoms with E-state index >= 15 is 0 Å². The van der Waals surface area contributed by atoms with Crippen molar-refractivity contribution in [2.75, 3.05) is 13.7 Å². The highest BCUT2D eigenvalue weighted by molar-refractivity contribution is 5.06. The number of rotatable bonds is 5. The van der Waals surface area contributed by atoms with Gasteiger partial charge >= 0.3 is 0 Å². The van der Waals surface area contributed by atoms with Crippen LogP contribution in [0.1, 0.15) is 63.6 Å². The summed E-state index contributed by atoms with van der Waals surface area (Å²) < 4.78 is 8.29. The van der Waals surface area contributed by atoms with Crippen molar-refractivity contribution in [3.8, 4) is 0 Å². The molecule has 2 aliphatic rings. The summed E-state index contributed by atoms with van der Waals surface area (Å²) in [6.07, 6.45) is 12.0. The van der Waals surface area contributed by atoms with E-state index in [1.807, 2.05) is 7.05 Å². The maximum atomic E-state index is 6.10. The summed E-state index contributed by atoms with van der Waals surface area (Å²) in [6, 6.07) is 3.16. The highest BCUT2D eigenvalue weighted by Gasteiger charge is 2.36. The molecule has 0 radical (unpaired) electrons. The van der Waals surface area contributed by atoms with E-state index in [1.54, 1.807) is 0 Å². The lowest BCUT2D eigenvalue weighted by Gasteiger charge is -2.40. The summed E-state index contributed by atoms with van der Waals surface area (Å²) in [5, 5.41) is 8.29. The first kappa shape index (κ1) is 15.0. The zero-order valence-electron chi connectivity index (χ0n) is 13.5. The van der Waals surface area contributed by atoms with Crippen LogP contribution < -0.4 is 5.32 Å². The molecule has 21 heavy (non-hydrogen) atoms. The first-order valence-corrected chi connectivity index (χ1v) is 8.56. The highest BCUT2D eigenvalue weighted by atomic mass is 16.5. The minimum absolute atomic E-state index is 0.0514. The maximum Gasteiger partial charge on any atom is 0.0810 e. The molecule has 1 aromatic rings. The first-order valence-electron chi connectivity index (χ1n) is 8.56. The van der Waals surface area contributed by atoms with E-state index in [4.69, 9.17) is 9.84 Å². The van der Waals surface area contributed by atoms with E-state index in [-0.39, 0.29) is 5.60 Å². The van der Waals surface area contributed by atoms with Crippen LogP contribution in [0.5, 0.6) is 0 Å². The average molecular weight is 291 g/mol. The number of aromatic nitrogens is 2. The Morgan fingerprint density at radius 2 is 2.19 bits per heavy atom. The Kier molecular flexibility index (Phi) is 4.65. The quantitative estimate of drug-likeness (QED) is 0.906. The van der Waals surface area contributed by atoms with Crippen molar-refractivity contribution >= 4 is 0 Å². The molecule has 1 saturated heterocycles. The van der Waals surface area contributed by atoms with Gasteiger partial charge in [0.15, 0.2) is 0 Å². The van der Waals surface area contributed by atoms with Gasteiger partial charge in [0.05, 0.1) is 17.3 Å². The van der Waals surface area contributed by atoms with Crippen LogP contribution in [0.15, 0.2) is 12.3 Å². The molecule has 1 saturated carbocycles. The monoisotopic (exact) mass is 291 g/mol. The van der Waals surface area contributed by atoms with Gasteiger partial charge in [-0.1, -0.05) is 12.8 Å². The fourth-order valence-electron chi connectivity index (χ4n) is 3.92. The van der Waals surface area contributed by atoms with Crippen LogP contribution in [0, 0.1) is 0 Å². The van der Waals surface area contributed by atoms with Gasteiger partial charge in [-0.2, -0.15) is 5.10 Å². The molecule has 3 rings (SSSR count). The highest BCUT2D eigenvalue weighted by Crippen LogP contribution is 2.31. The molecule has 0 bridgehead atoms. The van der Waals surface area contributed by atoms with Crippen LogP contribution in [-0.4, -0.2) is 35.1 Å². The minimum Gasteiger partial charge on any atom is -0.374 e. The molecule has 118 valence electrons. The van der Waals surface area contributed by atoms with Crippen LogP contribution in [0.25, 0.3) is 0 Å². The number of hydrogen-bond acceptors (Lipinski definition) is 3. The molecule has 0 amide bonds. The number of likely N-dealkylation sites (N-methyl/N-ethyl adjacent to an activating group) is 1. The Morgan fingerprint density at radius 1 is 1.38 bits per heavy atom. The molecule has 1 aliphatic carbocycles. The Balaban J connectivity index is 1.66. The van der Waals surface area contributed by atoms with Crippen molar-refractivity contribution in [3.63, 3.8) is 0 Å². The molecule has 1 aliphatic heterocycles. The number of ether oxygens (including phenoxy) is 1. The lowest BCUT2D eigenvalue weighted by Crippen LogP contribution is -2.52. The third-order valence-corrected chi connectivity index (χ3v) is 5.36. The van der Waals surface area contributed by atoms with E-state index in [2.05, 4.69) is 29.2 Å². The molecule has 4 heteroatoms. The summed E-state index contributed by atoms with van der Waals surface area (Å²) >= 11 is 0. The number of nitrogens with one attached hydrogen (secondary N) is 1. The van der Waals surface area contributed by atoms with Gasteiger partial charge in [-0.25, -0.2) is 0 Å². The van der Waals surface area contributed by atoms with Crippen molar-refractivity contribution in [2.45, 2.75) is 76.0 Å². The van der Waals surface area contributed by atoms with E-state index in [0.29, 0.717) is 12.1 Å². The van der Waals surface area contributed by atoms with Gasteiger partial charge in [-0.05, 0) is 52.1 Å². The smallest absolute Gasteiger partial charge is 0.0810 e. The topological polar surface area (TPSA) is 39.1 Å². The lowest BCUT2D eigenvalue weighted by atomic mass is 9.86. The van der Waals surface area contributed by atoms with Crippen LogP contribution in [0.4, 0.5) is 0 Å². The molecule has 2 fully saturated rings. The van der Waals surface area contributed by atoms with Gasteiger partial charge in [0.25, 0.3) is 0 Å². The summed E-state index contributed by atoms with van der Waals surface area (Å²) in [7, 11) is 2.04. The fourth-order valence-corrected chi connectivity index (χ4v) is 3.92. The molecule has 0 spiro atoms.